The van der Waals surface area contributed by atoms with Crippen LogP contribution in [0.1, 0.15) is 48.6 Å². The van der Waals surface area contributed by atoms with Crippen molar-refractivity contribution < 1.29 is 23.8 Å². The maximum Gasteiger partial charge on any atom is 0.417 e. The van der Waals surface area contributed by atoms with Gasteiger partial charge in [0.15, 0.2) is 17.5 Å². The number of rotatable bonds is 6. The Morgan fingerprint density at radius 1 is 1.19 bits per heavy atom. The van der Waals surface area contributed by atoms with Gasteiger partial charge in [-0.3, -0.25) is 4.79 Å². The number of aromatic nitrogens is 3. The number of carbonyl (C=O) groups excluding carboxylic acids is 1. The lowest BCUT2D eigenvalue weighted by Crippen LogP contribution is -2.37. The minimum absolute atomic E-state index is 0. The Hall–Kier alpha value is -3.56. The highest BCUT2D eigenvalue weighted by molar-refractivity contribution is 6.00. The molecule has 2 aromatic heterocycles. The molecule has 3 heterocycles. The van der Waals surface area contributed by atoms with Gasteiger partial charge in [0.1, 0.15) is 0 Å². The average Bonchev–Trinajstić information content (AvgIpc) is 3.51. The monoisotopic (exact) mass is 501 g/mol. The van der Waals surface area contributed by atoms with Crippen molar-refractivity contribution in [3.63, 3.8) is 0 Å². The Bertz CT molecular complexity index is 1280. The maximum atomic E-state index is 14.2. The molecule has 190 valence electrons. The fraction of sp³-hybridized carbons (Fsp3) is 0.385. The Morgan fingerprint density at radius 2 is 1.94 bits per heavy atom. The van der Waals surface area contributed by atoms with Crippen molar-refractivity contribution >= 4 is 11.7 Å². The minimum atomic E-state index is -4.66. The van der Waals surface area contributed by atoms with E-state index in [1.54, 1.807) is 18.5 Å². The molecule has 1 amide bonds. The molecule has 1 saturated heterocycles. The molecule has 3 aromatic rings. The number of aryl methyl sites for hydroxylation is 1. The highest BCUT2D eigenvalue weighted by atomic mass is 19.4. The van der Waals surface area contributed by atoms with Gasteiger partial charge in [-0.2, -0.15) is 13.2 Å². The zero-order valence-corrected chi connectivity index (χ0v) is 19.6. The Balaban J connectivity index is 0.00000320. The number of halogens is 4. The minimum Gasteiger partial charge on any atom is -0.368 e. The molecule has 2 fully saturated rings. The number of pyridine rings is 1. The third-order valence-electron chi connectivity index (χ3n) is 6.98. The van der Waals surface area contributed by atoms with Crippen molar-refractivity contribution in [2.75, 3.05) is 18.4 Å². The van der Waals surface area contributed by atoms with Gasteiger partial charge in [-0.1, -0.05) is 17.7 Å². The number of likely N-dealkylation sites (tertiary alicyclic amines) is 1. The van der Waals surface area contributed by atoms with E-state index in [0.29, 0.717) is 42.2 Å². The summed E-state index contributed by atoms with van der Waals surface area (Å²) in [7, 11) is 0. The molecule has 1 saturated carbocycles. The number of amides is 1. The molecule has 10 heteroatoms. The number of benzene rings is 1. The highest BCUT2D eigenvalue weighted by Gasteiger charge is 2.53. The van der Waals surface area contributed by atoms with Crippen molar-refractivity contribution in [1.82, 2.24) is 19.9 Å². The van der Waals surface area contributed by atoms with Gasteiger partial charge in [0.05, 0.1) is 11.1 Å². The number of anilines is 1. The van der Waals surface area contributed by atoms with Gasteiger partial charge >= 0.3 is 6.18 Å². The predicted molar refractivity (Wildman–Crippen MR) is 128 cm³/mol. The van der Waals surface area contributed by atoms with E-state index in [1.807, 2.05) is 30.0 Å². The standard InChI is InChI=1S/C26H25F4N5O.H2/c1-16-3-4-19(22-31-8-2-9-32-22)20(11-16)24(36)35-15-25(6-7-25)13-18(35)5-10-33-23-21(27)12-17(14-34-23)26(28,29)30;/h2-4,8-9,11-12,14,18H,5-7,10,13,15H2,1H3,(H,33,34);1H/t18-;/m1./s1. The van der Waals surface area contributed by atoms with E-state index in [9.17, 15) is 22.4 Å². The summed E-state index contributed by atoms with van der Waals surface area (Å²) in [4.78, 5) is 27.9. The van der Waals surface area contributed by atoms with E-state index < -0.39 is 17.6 Å². The second-order valence-electron chi connectivity index (χ2n) is 9.68. The van der Waals surface area contributed by atoms with Gasteiger partial charge in [-0.15, -0.1) is 0 Å². The van der Waals surface area contributed by atoms with Crippen LogP contribution in [-0.4, -0.2) is 44.9 Å². The van der Waals surface area contributed by atoms with Crippen molar-refractivity contribution in [2.24, 2.45) is 5.41 Å². The summed E-state index contributed by atoms with van der Waals surface area (Å²) in [6.07, 6.45) is 2.68. The van der Waals surface area contributed by atoms with Gasteiger partial charge in [0, 0.05) is 44.7 Å². The van der Waals surface area contributed by atoms with Crippen LogP contribution < -0.4 is 5.32 Å². The molecule has 2 aliphatic rings. The third kappa shape index (κ3) is 4.89. The molecular weight excluding hydrogens is 474 g/mol. The Morgan fingerprint density at radius 3 is 2.61 bits per heavy atom. The van der Waals surface area contributed by atoms with E-state index in [4.69, 9.17) is 0 Å². The fourth-order valence-corrected chi connectivity index (χ4v) is 4.90. The summed E-state index contributed by atoms with van der Waals surface area (Å²) < 4.78 is 52.5. The van der Waals surface area contributed by atoms with E-state index in [2.05, 4.69) is 20.3 Å². The van der Waals surface area contributed by atoms with Gasteiger partial charge in [0.25, 0.3) is 5.91 Å². The first-order valence-electron chi connectivity index (χ1n) is 11.8. The molecule has 1 aromatic carbocycles. The number of carbonyl (C=O) groups is 1. The van der Waals surface area contributed by atoms with E-state index in [1.165, 1.54) is 0 Å². The van der Waals surface area contributed by atoms with Gasteiger partial charge in [0.2, 0.25) is 0 Å². The van der Waals surface area contributed by atoms with Crippen LogP contribution in [0, 0.1) is 18.2 Å². The normalized spacial score (nSPS) is 18.5. The summed E-state index contributed by atoms with van der Waals surface area (Å²) in [6, 6.07) is 7.69. The molecule has 1 spiro atoms. The molecule has 0 bridgehead atoms. The van der Waals surface area contributed by atoms with Crippen LogP contribution in [0.5, 0.6) is 0 Å². The van der Waals surface area contributed by atoms with Crippen molar-refractivity contribution in [2.45, 2.75) is 44.8 Å². The van der Waals surface area contributed by atoms with E-state index in [0.717, 1.165) is 24.8 Å². The van der Waals surface area contributed by atoms with Crippen LogP contribution in [0.2, 0.25) is 0 Å². The summed E-state index contributed by atoms with van der Waals surface area (Å²) >= 11 is 0. The first-order chi connectivity index (χ1) is 17.2. The van der Waals surface area contributed by atoms with Crippen LogP contribution in [0.3, 0.4) is 0 Å². The third-order valence-corrected chi connectivity index (χ3v) is 6.98. The Kier molecular flexibility index (Phi) is 6.13. The molecule has 6 nitrogen and oxygen atoms in total. The molecule has 36 heavy (non-hydrogen) atoms. The first kappa shape index (κ1) is 24.1. The van der Waals surface area contributed by atoms with Gasteiger partial charge < -0.3 is 10.2 Å². The number of nitrogens with one attached hydrogen (secondary N) is 1. The van der Waals surface area contributed by atoms with Crippen molar-refractivity contribution in [1.29, 1.82) is 0 Å². The quantitative estimate of drug-likeness (QED) is 0.436. The Labute approximate surface area is 207 Å². The van der Waals surface area contributed by atoms with Crippen LogP contribution in [0.4, 0.5) is 23.4 Å². The van der Waals surface area contributed by atoms with Crippen LogP contribution in [-0.2, 0) is 6.18 Å². The molecule has 1 N–H and O–H groups in total. The fourth-order valence-electron chi connectivity index (χ4n) is 4.90. The topological polar surface area (TPSA) is 71.0 Å². The zero-order valence-electron chi connectivity index (χ0n) is 19.6. The predicted octanol–water partition coefficient (Wildman–Crippen LogP) is 5.75. The summed E-state index contributed by atoms with van der Waals surface area (Å²) in [6.45, 7) is 2.83. The SMILES string of the molecule is Cc1ccc(-c2ncccn2)c(C(=O)N2CC3(CC3)C[C@H]2CCNc2ncc(C(F)(F)F)cc2F)c1.[HH]. The summed E-state index contributed by atoms with van der Waals surface area (Å²) in [5, 5.41) is 2.80. The van der Waals surface area contributed by atoms with Crippen LogP contribution >= 0.6 is 0 Å². The number of hydrogen-bond acceptors (Lipinski definition) is 5. The zero-order chi connectivity index (χ0) is 25.5. The summed E-state index contributed by atoms with van der Waals surface area (Å²) in [5.74, 6) is -0.922. The summed E-state index contributed by atoms with van der Waals surface area (Å²) in [5.41, 5.74) is 1.12. The second kappa shape index (κ2) is 9.15. The van der Waals surface area contributed by atoms with Gasteiger partial charge in [-0.05, 0) is 56.2 Å². The second-order valence-corrected chi connectivity index (χ2v) is 9.68. The molecule has 1 aliphatic heterocycles. The molecular formula is C26H27F4N5O. The van der Waals surface area contributed by atoms with Crippen LogP contribution in [0.25, 0.3) is 11.4 Å². The van der Waals surface area contributed by atoms with E-state index >= 15 is 0 Å². The van der Waals surface area contributed by atoms with Crippen molar-refractivity contribution in [3.8, 4) is 11.4 Å². The molecule has 0 radical (unpaired) electrons. The lowest BCUT2D eigenvalue weighted by molar-refractivity contribution is -0.138. The molecule has 1 aliphatic carbocycles. The van der Waals surface area contributed by atoms with Gasteiger partial charge in [-0.25, -0.2) is 19.3 Å². The molecule has 1 atom stereocenters. The highest BCUT2D eigenvalue weighted by Crippen LogP contribution is 2.55. The number of nitrogens with zero attached hydrogens (tertiary/aromatic N) is 4. The number of alkyl halides is 3. The molecule has 5 rings (SSSR count). The molecule has 0 unspecified atom stereocenters. The first-order valence-corrected chi connectivity index (χ1v) is 11.8. The van der Waals surface area contributed by atoms with Crippen molar-refractivity contribution in [3.05, 3.63) is 71.4 Å². The maximum absolute atomic E-state index is 14.2. The average molecular weight is 502 g/mol. The lowest BCUT2D eigenvalue weighted by Gasteiger charge is -2.26. The smallest absolute Gasteiger partial charge is 0.368 e. The van der Waals surface area contributed by atoms with E-state index in [-0.39, 0.29) is 31.2 Å². The number of hydrogen-bond donors (Lipinski definition) is 1. The lowest BCUT2D eigenvalue weighted by atomic mass is 10.0. The van der Waals surface area contributed by atoms with Crippen LogP contribution in [0.15, 0.2) is 48.9 Å². The largest absolute Gasteiger partial charge is 0.417 e.